The first-order valence-corrected chi connectivity index (χ1v) is 7.33. The zero-order valence-electron chi connectivity index (χ0n) is 12.6. The van der Waals surface area contributed by atoms with E-state index in [1.165, 1.54) is 6.92 Å². The second-order valence-corrected chi connectivity index (χ2v) is 5.34. The number of carbonyl (C=O) groups excluding carboxylic acids is 1. The molecule has 7 heteroatoms. The molecule has 0 bridgehead atoms. The van der Waals surface area contributed by atoms with Gasteiger partial charge in [0, 0.05) is 19.7 Å². The number of nitrogens with one attached hydrogen (secondary N) is 1. The molecule has 1 amide bonds. The van der Waals surface area contributed by atoms with Gasteiger partial charge in [0.2, 0.25) is 11.9 Å². The molecule has 2 aromatic heterocycles. The Balaban J connectivity index is 2.19. The Morgan fingerprint density at radius 2 is 1.83 bits per heavy atom. The quantitative estimate of drug-likeness (QED) is 0.746. The average molecular weight is 328 g/mol. The molecule has 0 fully saturated rings. The van der Waals surface area contributed by atoms with Gasteiger partial charge in [0.1, 0.15) is 10.7 Å². The molecule has 2 heterocycles. The highest BCUT2D eigenvalue weighted by molar-refractivity contribution is 6.29. The highest BCUT2D eigenvalue weighted by Crippen LogP contribution is 2.29. The largest absolute Gasteiger partial charge is 0.328 e. The van der Waals surface area contributed by atoms with Crippen molar-refractivity contribution in [2.75, 3.05) is 17.3 Å². The van der Waals surface area contributed by atoms with Crippen molar-refractivity contribution in [2.45, 2.75) is 6.92 Å². The minimum Gasteiger partial charge on any atom is -0.328 e. The number of rotatable bonds is 3. The van der Waals surface area contributed by atoms with Gasteiger partial charge in [-0.15, -0.1) is 0 Å². The van der Waals surface area contributed by atoms with Crippen LogP contribution in [0.1, 0.15) is 6.92 Å². The Morgan fingerprint density at radius 1 is 1.09 bits per heavy atom. The van der Waals surface area contributed by atoms with Gasteiger partial charge in [-0.25, -0.2) is 9.97 Å². The van der Waals surface area contributed by atoms with E-state index in [0.29, 0.717) is 22.0 Å². The Morgan fingerprint density at radius 3 is 2.52 bits per heavy atom. The Bertz CT molecular complexity index is 869. The van der Waals surface area contributed by atoms with E-state index >= 15 is 0 Å². The first-order valence-electron chi connectivity index (χ1n) is 6.95. The Labute approximate surface area is 138 Å². The summed E-state index contributed by atoms with van der Waals surface area (Å²) in [4.78, 5) is 26.2. The van der Waals surface area contributed by atoms with Crippen LogP contribution in [-0.4, -0.2) is 27.9 Å². The summed E-state index contributed by atoms with van der Waals surface area (Å²) in [6.45, 7) is 1.41. The summed E-state index contributed by atoms with van der Waals surface area (Å²) in [6, 6.07) is 13.1. The lowest BCUT2D eigenvalue weighted by atomic mass is 10.2. The van der Waals surface area contributed by atoms with Gasteiger partial charge in [0.05, 0.1) is 5.52 Å². The lowest BCUT2D eigenvalue weighted by molar-refractivity contribution is -0.114. The van der Waals surface area contributed by atoms with Crippen LogP contribution in [0.25, 0.3) is 11.0 Å². The summed E-state index contributed by atoms with van der Waals surface area (Å²) in [5.41, 5.74) is 2.10. The fourth-order valence-electron chi connectivity index (χ4n) is 2.20. The van der Waals surface area contributed by atoms with Crippen LogP contribution < -0.4 is 10.2 Å². The average Bonchev–Trinajstić information content (AvgIpc) is 2.54. The van der Waals surface area contributed by atoms with Crippen LogP contribution in [0, 0.1) is 0 Å². The van der Waals surface area contributed by atoms with Crippen LogP contribution >= 0.6 is 11.6 Å². The maximum Gasteiger partial charge on any atom is 0.232 e. The van der Waals surface area contributed by atoms with Crippen LogP contribution in [0.3, 0.4) is 0 Å². The van der Waals surface area contributed by atoms with Gasteiger partial charge >= 0.3 is 0 Å². The molecule has 0 radical (unpaired) electrons. The number of carbonyl (C=O) groups is 1. The van der Waals surface area contributed by atoms with Crippen LogP contribution in [0.15, 0.2) is 42.5 Å². The number of para-hydroxylation sites is 1. The molecular weight excluding hydrogens is 314 g/mol. The lowest BCUT2D eigenvalue weighted by Gasteiger charge is -2.20. The molecule has 0 atom stereocenters. The lowest BCUT2D eigenvalue weighted by Crippen LogP contribution is -2.16. The number of aromatic nitrogens is 3. The molecule has 0 aliphatic carbocycles. The van der Waals surface area contributed by atoms with E-state index in [-0.39, 0.29) is 11.9 Å². The van der Waals surface area contributed by atoms with Crippen LogP contribution in [0.5, 0.6) is 0 Å². The van der Waals surface area contributed by atoms with Crippen molar-refractivity contribution < 1.29 is 4.79 Å². The summed E-state index contributed by atoms with van der Waals surface area (Å²) >= 11 is 6.01. The fourth-order valence-corrected chi connectivity index (χ4v) is 2.34. The number of benzene rings is 1. The highest BCUT2D eigenvalue weighted by Gasteiger charge is 2.15. The molecule has 3 rings (SSSR count). The maximum atomic E-state index is 11.3. The van der Waals surface area contributed by atoms with E-state index in [2.05, 4.69) is 20.3 Å². The molecule has 116 valence electrons. The topological polar surface area (TPSA) is 71.0 Å². The fraction of sp³-hybridized carbons (Fsp3) is 0.125. The molecule has 1 aromatic carbocycles. The van der Waals surface area contributed by atoms with E-state index < -0.39 is 0 Å². The van der Waals surface area contributed by atoms with E-state index in [0.717, 1.165) is 5.69 Å². The molecule has 0 spiro atoms. The van der Waals surface area contributed by atoms with Gasteiger partial charge in [-0.05, 0) is 24.3 Å². The predicted octanol–water partition coefficient (Wildman–Crippen LogP) is 3.40. The molecule has 6 nitrogen and oxygen atoms in total. The zero-order valence-corrected chi connectivity index (χ0v) is 13.4. The monoisotopic (exact) mass is 327 g/mol. The van der Waals surface area contributed by atoms with Gasteiger partial charge in [-0.1, -0.05) is 29.8 Å². The van der Waals surface area contributed by atoms with Crippen molar-refractivity contribution in [1.29, 1.82) is 0 Å². The standard InChI is InChI=1S/C16H14ClN5O/c1-10(23)18-16-19-12-8-9-13(17)20-14(12)15(21-16)22(2)11-6-4-3-5-7-11/h3-9H,1-2H3,(H,18,19,21,23). The number of hydrogen-bond acceptors (Lipinski definition) is 5. The Hall–Kier alpha value is -2.73. The highest BCUT2D eigenvalue weighted by atomic mass is 35.5. The van der Waals surface area contributed by atoms with E-state index in [1.807, 2.05) is 42.3 Å². The van der Waals surface area contributed by atoms with Crippen LogP contribution in [0.2, 0.25) is 5.15 Å². The summed E-state index contributed by atoms with van der Waals surface area (Å²) in [7, 11) is 1.87. The SMILES string of the molecule is CC(=O)Nc1nc(N(C)c2ccccc2)c2nc(Cl)ccc2n1. The molecule has 23 heavy (non-hydrogen) atoms. The van der Waals surface area contributed by atoms with Crippen molar-refractivity contribution in [3.63, 3.8) is 0 Å². The second-order valence-electron chi connectivity index (χ2n) is 4.95. The zero-order chi connectivity index (χ0) is 16.4. The molecule has 0 saturated carbocycles. The smallest absolute Gasteiger partial charge is 0.232 e. The third-order valence-electron chi connectivity index (χ3n) is 3.24. The predicted molar refractivity (Wildman–Crippen MR) is 91.2 cm³/mol. The Kier molecular flexibility index (Phi) is 4.08. The van der Waals surface area contributed by atoms with Gasteiger partial charge in [0.25, 0.3) is 0 Å². The molecule has 0 unspecified atom stereocenters. The first kappa shape index (κ1) is 15.2. The second kappa shape index (κ2) is 6.18. The van der Waals surface area contributed by atoms with Gasteiger partial charge in [-0.2, -0.15) is 4.98 Å². The third-order valence-corrected chi connectivity index (χ3v) is 3.45. The number of hydrogen-bond donors (Lipinski definition) is 1. The van der Waals surface area contributed by atoms with Crippen molar-refractivity contribution >= 4 is 46.0 Å². The number of halogens is 1. The summed E-state index contributed by atoms with van der Waals surface area (Å²) < 4.78 is 0. The van der Waals surface area contributed by atoms with Crippen LogP contribution in [-0.2, 0) is 4.79 Å². The van der Waals surface area contributed by atoms with E-state index in [4.69, 9.17) is 11.6 Å². The minimum atomic E-state index is -0.236. The number of pyridine rings is 1. The van der Waals surface area contributed by atoms with Gasteiger partial charge in [0.15, 0.2) is 5.82 Å². The summed E-state index contributed by atoms with van der Waals surface area (Å²) in [6.07, 6.45) is 0. The van der Waals surface area contributed by atoms with Crippen LogP contribution in [0.4, 0.5) is 17.5 Å². The molecule has 0 aliphatic rings. The summed E-state index contributed by atoms with van der Waals surface area (Å²) in [5, 5.41) is 2.97. The van der Waals surface area contributed by atoms with Gasteiger partial charge < -0.3 is 4.90 Å². The normalized spacial score (nSPS) is 10.6. The third kappa shape index (κ3) is 3.22. The van der Waals surface area contributed by atoms with Gasteiger partial charge in [-0.3, -0.25) is 10.1 Å². The molecule has 0 aliphatic heterocycles. The molecular formula is C16H14ClN5O. The van der Waals surface area contributed by atoms with Crippen molar-refractivity contribution in [3.8, 4) is 0 Å². The minimum absolute atomic E-state index is 0.229. The number of anilines is 3. The van der Waals surface area contributed by atoms with E-state index in [9.17, 15) is 4.79 Å². The van der Waals surface area contributed by atoms with Crippen molar-refractivity contribution in [1.82, 2.24) is 15.0 Å². The van der Waals surface area contributed by atoms with E-state index in [1.54, 1.807) is 12.1 Å². The molecule has 1 N–H and O–H groups in total. The van der Waals surface area contributed by atoms with Crippen molar-refractivity contribution in [2.24, 2.45) is 0 Å². The molecule has 0 saturated heterocycles. The maximum absolute atomic E-state index is 11.3. The summed E-state index contributed by atoms with van der Waals surface area (Å²) in [5.74, 6) is 0.555. The first-order chi connectivity index (χ1) is 11.0. The van der Waals surface area contributed by atoms with Crippen molar-refractivity contribution in [3.05, 3.63) is 47.6 Å². The molecule has 3 aromatic rings. The number of nitrogens with zero attached hydrogens (tertiary/aromatic N) is 4. The number of fused-ring (bicyclic) bond motifs is 1. The number of amides is 1.